The van der Waals surface area contributed by atoms with E-state index < -0.39 is 5.92 Å². The number of rotatable bonds is 5. The number of allylic oxidation sites excluding steroid dienone is 3. The fraction of sp³-hybridized carbons (Fsp3) is 0.379. The molecule has 4 rings (SSSR count). The van der Waals surface area contributed by atoms with E-state index in [4.69, 9.17) is 19.9 Å². The van der Waals surface area contributed by atoms with Crippen molar-refractivity contribution in [2.45, 2.75) is 60.0 Å². The van der Waals surface area contributed by atoms with Crippen LogP contribution in [0.25, 0.3) is 0 Å². The fourth-order valence-electron chi connectivity index (χ4n) is 5.19. The number of nitrogens with two attached hydrogens (primary N) is 1. The number of nitrogens with zero attached hydrogens (tertiary/aromatic N) is 1. The summed E-state index contributed by atoms with van der Waals surface area (Å²) in [4.78, 5) is 13.2. The second-order valence-corrected chi connectivity index (χ2v) is 10.3. The predicted molar refractivity (Wildman–Crippen MR) is 134 cm³/mol. The Morgan fingerprint density at radius 1 is 1.11 bits per heavy atom. The number of ketones is 1. The highest BCUT2D eigenvalue weighted by atomic mass is 16.5. The molecule has 0 spiro atoms. The third-order valence-corrected chi connectivity index (χ3v) is 6.81. The van der Waals surface area contributed by atoms with Crippen molar-refractivity contribution in [2.24, 2.45) is 11.1 Å². The van der Waals surface area contributed by atoms with Crippen molar-refractivity contribution < 1.29 is 19.0 Å². The number of benzene rings is 2. The molecule has 0 saturated carbocycles. The maximum atomic E-state index is 13.2. The molecule has 0 radical (unpaired) electrons. The van der Waals surface area contributed by atoms with Crippen molar-refractivity contribution in [3.05, 3.63) is 80.9 Å². The number of hydrogen-bond donors (Lipinski definition) is 1. The van der Waals surface area contributed by atoms with Gasteiger partial charge in [-0.3, -0.25) is 4.79 Å². The molecule has 1 atom stereocenters. The molecule has 6 nitrogen and oxygen atoms in total. The van der Waals surface area contributed by atoms with Gasteiger partial charge in [-0.1, -0.05) is 37.6 Å². The fourth-order valence-corrected chi connectivity index (χ4v) is 5.19. The van der Waals surface area contributed by atoms with Gasteiger partial charge in [0.1, 0.15) is 24.0 Å². The summed E-state index contributed by atoms with van der Waals surface area (Å²) in [6.45, 7) is 10.7. The SMILES string of the molecule is COc1cc(C2C(C#N)=C(N)OC3=C2C(=O)CC(C)(C)C3)ccc1OCc1c(C)cc(C)cc1C. The Bertz CT molecular complexity index is 1290. The van der Waals surface area contributed by atoms with Gasteiger partial charge in [-0.25, -0.2) is 0 Å². The van der Waals surface area contributed by atoms with Gasteiger partial charge in [-0.2, -0.15) is 5.26 Å². The van der Waals surface area contributed by atoms with Crippen LogP contribution in [-0.4, -0.2) is 12.9 Å². The number of methoxy groups -OCH3 is 1. The van der Waals surface area contributed by atoms with E-state index in [1.54, 1.807) is 7.11 Å². The average Bonchev–Trinajstić information content (AvgIpc) is 2.76. The van der Waals surface area contributed by atoms with Crippen molar-refractivity contribution in [3.8, 4) is 17.6 Å². The van der Waals surface area contributed by atoms with Crippen molar-refractivity contribution in [2.75, 3.05) is 7.11 Å². The summed E-state index contributed by atoms with van der Waals surface area (Å²) in [5, 5.41) is 9.88. The molecule has 2 N–H and O–H groups in total. The molecule has 1 heterocycles. The van der Waals surface area contributed by atoms with Crippen LogP contribution in [0.5, 0.6) is 11.5 Å². The number of aryl methyl sites for hydroxylation is 3. The number of carbonyl (C=O) groups excluding carboxylic acids is 1. The first-order chi connectivity index (χ1) is 16.5. The Kier molecular flexibility index (Phi) is 6.38. The number of hydrogen-bond acceptors (Lipinski definition) is 6. The average molecular weight is 473 g/mol. The van der Waals surface area contributed by atoms with E-state index in [1.807, 2.05) is 32.0 Å². The summed E-state index contributed by atoms with van der Waals surface area (Å²) in [6, 6.07) is 12.0. The molecule has 0 bridgehead atoms. The Morgan fingerprint density at radius 3 is 2.43 bits per heavy atom. The van der Waals surface area contributed by atoms with Gasteiger partial charge in [-0.05, 0) is 60.6 Å². The van der Waals surface area contributed by atoms with Crippen LogP contribution in [0, 0.1) is 37.5 Å². The molecule has 0 amide bonds. The van der Waals surface area contributed by atoms with E-state index in [9.17, 15) is 10.1 Å². The van der Waals surface area contributed by atoms with Crippen molar-refractivity contribution in [1.82, 2.24) is 0 Å². The van der Waals surface area contributed by atoms with E-state index in [0.717, 1.165) is 11.1 Å². The second-order valence-electron chi connectivity index (χ2n) is 10.3. The molecule has 0 fully saturated rings. The molecule has 2 aliphatic rings. The minimum absolute atomic E-state index is 0.0221. The first-order valence-electron chi connectivity index (χ1n) is 11.8. The molecular weight excluding hydrogens is 440 g/mol. The van der Waals surface area contributed by atoms with E-state index in [2.05, 4.69) is 39.0 Å². The molecular formula is C29H32N2O4. The smallest absolute Gasteiger partial charge is 0.205 e. The Hall–Kier alpha value is -3.72. The van der Waals surface area contributed by atoms with Gasteiger partial charge < -0.3 is 19.9 Å². The lowest BCUT2D eigenvalue weighted by Gasteiger charge is -2.37. The van der Waals surface area contributed by atoms with Crippen LogP contribution in [-0.2, 0) is 16.1 Å². The molecule has 2 aromatic rings. The Morgan fingerprint density at radius 2 is 1.80 bits per heavy atom. The minimum atomic E-state index is -0.600. The highest BCUT2D eigenvalue weighted by molar-refractivity contribution is 6.00. The van der Waals surface area contributed by atoms with Crippen molar-refractivity contribution in [3.63, 3.8) is 0 Å². The molecule has 182 valence electrons. The zero-order valence-electron chi connectivity index (χ0n) is 21.2. The predicted octanol–water partition coefficient (Wildman–Crippen LogP) is 5.65. The van der Waals surface area contributed by atoms with Gasteiger partial charge in [-0.15, -0.1) is 0 Å². The maximum Gasteiger partial charge on any atom is 0.205 e. The highest BCUT2D eigenvalue weighted by Gasteiger charge is 2.43. The lowest BCUT2D eigenvalue weighted by Crippen LogP contribution is -2.33. The van der Waals surface area contributed by atoms with E-state index >= 15 is 0 Å². The maximum absolute atomic E-state index is 13.2. The Balaban J connectivity index is 1.71. The van der Waals surface area contributed by atoms with Gasteiger partial charge in [0.15, 0.2) is 17.3 Å². The van der Waals surface area contributed by atoms with Crippen LogP contribution in [0.4, 0.5) is 0 Å². The quantitative estimate of drug-likeness (QED) is 0.604. The highest BCUT2D eigenvalue weighted by Crippen LogP contribution is 2.48. The molecule has 1 unspecified atom stereocenters. The van der Waals surface area contributed by atoms with Gasteiger partial charge in [0, 0.05) is 18.4 Å². The van der Waals surface area contributed by atoms with Crippen LogP contribution in [0.1, 0.15) is 60.4 Å². The number of carbonyl (C=O) groups is 1. The van der Waals surface area contributed by atoms with Crippen LogP contribution in [0.3, 0.4) is 0 Å². The molecule has 0 saturated heterocycles. The largest absolute Gasteiger partial charge is 0.493 e. The number of Topliss-reactive ketones (excluding diaryl/α,β-unsaturated/α-hetero) is 1. The summed E-state index contributed by atoms with van der Waals surface area (Å²) < 4.78 is 17.6. The lowest BCUT2D eigenvalue weighted by atomic mass is 9.70. The molecule has 1 aliphatic carbocycles. The molecule has 1 aliphatic heterocycles. The minimum Gasteiger partial charge on any atom is -0.493 e. The first-order valence-corrected chi connectivity index (χ1v) is 11.8. The second kappa shape index (κ2) is 9.14. The summed E-state index contributed by atoms with van der Waals surface area (Å²) in [5.41, 5.74) is 12.1. The topological polar surface area (TPSA) is 94.6 Å². The van der Waals surface area contributed by atoms with Crippen LogP contribution >= 0.6 is 0 Å². The van der Waals surface area contributed by atoms with Crippen LogP contribution < -0.4 is 15.2 Å². The molecule has 2 aromatic carbocycles. The van der Waals surface area contributed by atoms with Gasteiger partial charge in [0.05, 0.1) is 13.0 Å². The van der Waals surface area contributed by atoms with Gasteiger partial charge in [0.2, 0.25) is 5.88 Å². The van der Waals surface area contributed by atoms with Crippen LogP contribution in [0.15, 0.2) is 53.1 Å². The molecule has 6 heteroatoms. The first kappa shape index (κ1) is 24.4. The van der Waals surface area contributed by atoms with Gasteiger partial charge in [0.25, 0.3) is 0 Å². The molecule has 0 aromatic heterocycles. The number of ether oxygens (including phenoxy) is 3. The monoisotopic (exact) mass is 472 g/mol. The summed E-state index contributed by atoms with van der Waals surface area (Å²) >= 11 is 0. The third kappa shape index (κ3) is 4.64. The van der Waals surface area contributed by atoms with E-state index in [0.29, 0.717) is 42.3 Å². The van der Waals surface area contributed by atoms with Crippen LogP contribution in [0.2, 0.25) is 0 Å². The standard InChI is InChI=1S/C29H32N2O4/c1-16-9-17(2)21(18(3)10-16)15-34-23-8-7-19(11-24(23)33-6)26-20(14-30)28(31)35-25-13-29(4,5)12-22(32)27(25)26/h7-11,26H,12-13,15,31H2,1-6H3. The van der Waals surface area contributed by atoms with E-state index in [1.165, 1.54) is 16.7 Å². The zero-order valence-corrected chi connectivity index (χ0v) is 21.2. The van der Waals surface area contributed by atoms with Gasteiger partial charge >= 0.3 is 0 Å². The third-order valence-electron chi connectivity index (χ3n) is 6.81. The normalized spacial score (nSPS) is 19.1. The number of nitriles is 1. The van der Waals surface area contributed by atoms with Crippen molar-refractivity contribution >= 4 is 5.78 Å². The summed E-state index contributed by atoms with van der Waals surface area (Å²) in [6.07, 6.45) is 0.968. The lowest BCUT2D eigenvalue weighted by molar-refractivity contribution is -0.119. The Labute approximate surface area is 207 Å². The van der Waals surface area contributed by atoms with Crippen molar-refractivity contribution in [1.29, 1.82) is 5.26 Å². The zero-order chi connectivity index (χ0) is 25.5. The summed E-state index contributed by atoms with van der Waals surface area (Å²) in [7, 11) is 1.58. The molecule has 35 heavy (non-hydrogen) atoms. The van der Waals surface area contributed by atoms with E-state index in [-0.39, 0.29) is 22.7 Å². The summed E-state index contributed by atoms with van der Waals surface area (Å²) in [5.74, 6) is 1.09.